The third-order valence-corrected chi connectivity index (χ3v) is 5.57. The molecule has 5 nitrogen and oxygen atoms in total. The molecule has 1 aromatic rings. The SMILES string of the molecule is CN(c1cccc(F)c1)S(=O)(=O)N1CCCCC1CO. The molecule has 0 aromatic heterocycles. The van der Waals surface area contributed by atoms with E-state index in [9.17, 15) is 17.9 Å². The Bertz CT molecular complexity index is 564. The normalized spacial score (nSPS) is 20.9. The van der Waals surface area contributed by atoms with Crippen molar-refractivity contribution in [3.8, 4) is 0 Å². The fourth-order valence-corrected chi connectivity index (χ4v) is 4.03. The molecule has 1 aliphatic rings. The average Bonchev–Trinajstić information content (AvgIpc) is 2.46. The molecule has 0 radical (unpaired) electrons. The van der Waals surface area contributed by atoms with Gasteiger partial charge >= 0.3 is 10.2 Å². The van der Waals surface area contributed by atoms with Crippen LogP contribution in [0.25, 0.3) is 0 Å². The highest BCUT2D eigenvalue weighted by Crippen LogP contribution is 2.25. The summed E-state index contributed by atoms with van der Waals surface area (Å²) in [7, 11) is -2.36. The lowest BCUT2D eigenvalue weighted by Gasteiger charge is -2.36. The molecule has 1 unspecified atom stereocenters. The van der Waals surface area contributed by atoms with Crippen molar-refractivity contribution in [2.24, 2.45) is 0 Å². The molecule has 1 aromatic carbocycles. The molecule has 1 aliphatic heterocycles. The van der Waals surface area contributed by atoms with Crippen LogP contribution in [0.4, 0.5) is 10.1 Å². The van der Waals surface area contributed by atoms with Gasteiger partial charge in [0.25, 0.3) is 0 Å². The summed E-state index contributed by atoms with van der Waals surface area (Å²) in [5, 5.41) is 9.34. The molecular weight excluding hydrogens is 283 g/mol. The summed E-state index contributed by atoms with van der Waals surface area (Å²) in [6.45, 7) is 0.184. The fraction of sp³-hybridized carbons (Fsp3) is 0.538. The number of aliphatic hydroxyl groups is 1. The van der Waals surface area contributed by atoms with Crippen molar-refractivity contribution in [1.29, 1.82) is 0 Å². The van der Waals surface area contributed by atoms with Gasteiger partial charge in [-0.1, -0.05) is 12.5 Å². The number of aliphatic hydroxyl groups excluding tert-OH is 1. The van der Waals surface area contributed by atoms with Gasteiger partial charge in [0.1, 0.15) is 5.82 Å². The Morgan fingerprint density at radius 2 is 2.20 bits per heavy atom. The van der Waals surface area contributed by atoms with Gasteiger partial charge < -0.3 is 5.11 Å². The number of rotatable bonds is 4. The maximum absolute atomic E-state index is 13.2. The van der Waals surface area contributed by atoms with Crippen LogP contribution in [0, 0.1) is 5.82 Å². The molecule has 0 aliphatic carbocycles. The molecule has 0 spiro atoms. The van der Waals surface area contributed by atoms with E-state index < -0.39 is 22.1 Å². The van der Waals surface area contributed by atoms with Gasteiger partial charge in [0.15, 0.2) is 0 Å². The van der Waals surface area contributed by atoms with Gasteiger partial charge in [-0.15, -0.1) is 0 Å². The van der Waals surface area contributed by atoms with Crippen LogP contribution in [-0.2, 0) is 10.2 Å². The monoisotopic (exact) mass is 302 g/mol. The maximum atomic E-state index is 13.2. The third-order valence-electron chi connectivity index (χ3n) is 3.60. The Morgan fingerprint density at radius 3 is 2.85 bits per heavy atom. The quantitative estimate of drug-likeness (QED) is 0.913. The first kappa shape index (κ1) is 15.2. The van der Waals surface area contributed by atoms with Crippen molar-refractivity contribution < 1.29 is 17.9 Å². The fourth-order valence-electron chi connectivity index (χ4n) is 2.42. The standard InChI is InChI=1S/C13H19FN2O3S/c1-15(12-7-4-5-11(14)9-12)20(18,19)16-8-3-2-6-13(16)10-17/h4-5,7,9,13,17H,2-3,6,8,10H2,1H3. The smallest absolute Gasteiger partial charge is 0.304 e. The van der Waals surface area contributed by atoms with E-state index in [1.165, 1.54) is 29.6 Å². The van der Waals surface area contributed by atoms with Crippen LogP contribution in [-0.4, -0.2) is 44.1 Å². The van der Waals surface area contributed by atoms with Crippen molar-refractivity contribution in [2.45, 2.75) is 25.3 Å². The highest BCUT2D eigenvalue weighted by molar-refractivity contribution is 7.90. The number of nitrogens with zero attached hydrogens (tertiary/aromatic N) is 2. The number of halogens is 1. The molecule has 1 fully saturated rings. The zero-order chi connectivity index (χ0) is 14.8. The van der Waals surface area contributed by atoms with E-state index in [1.54, 1.807) is 6.07 Å². The summed E-state index contributed by atoms with van der Waals surface area (Å²) in [6.07, 6.45) is 2.32. The molecule has 0 bridgehead atoms. The first-order valence-corrected chi connectivity index (χ1v) is 7.98. The van der Waals surface area contributed by atoms with Gasteiger partial charge in [-0.25, -0.2) is 4.39 Å². The van der Waals surface area contributed by atoms with E-state index in [4.69, 9.17) is 0 Å². The minimum absolute atomic E-state index is 0.198. The molecule has 1 N–H and O–H groups in total. The molecule has 1 saturated heterocycles. The van der Waals surface area contributed by atoms with E-state index in [1.807, 2.05) is 0 Å². The largest absolute Gasteiger partial charge is 0.395 e. The Hall–Kier alpha value is -1.18. The van der Waals surface area contributed by atoms with Crippen LogP contribution < -0.4 is 4.31 Å². The Morgan fingerprint density at radius 1 is 1.45 bits per heavy atom. The van der Waals surface area contributed by atoms with E-state index in [2.05, 4.69) is 0 Å². The predicted molar refractivity (Wildman–Crippen MR) is 75.2 cm³/mol. The Kier molecular flexibility index (Phi) is 4.62. The number of hydrogen-bond donors (Lipinski definition) is 1. The summed E-state index contributed by atoms with van der Waals surface area (Å²) < 4.78 is 40.8. The first-order chi connectivity index (χ1) is 9.46. The number of benzene rings is 1. The van der Waals surface area contributed by atoms with Crippen LogP contribution >= 0.6 is 0 Å². The summed E-state index contributed by atoms with van der Waals surface area (Å²) in [5.74, 6) is -0.484. The predicted octanol–water partition coefficient (Wildman–Crippen LogP) is 1.35. The van der Waals surface area contributed by atoms with Gasteiger partial charge in [-0.2, -0.15) is 12.7 Å². The Labute approximate surface area is 118 Å². The minimum Gasteiger partial charge on any atom is -0.395 e. The summed E-state index contributed by atoms with van der Waals surface area (Å²) >= 11 is 0. The van der Waals surface area contributed by atoms with Gasteiger partial charge in [-0.05, 0) is 31.0 Å². The lowest BCUT2D eigenvalue weighted by molar-refractivity contribution is 0.155. The maximum Gasteiger partial charge on any atom is 0.304 e. The lowest BCUT2D eigenvalue weighted by Crippen LogP contribution is -2.51. The number of hydrogen-bond acceptors (Lipinski definition) is 3. The Balaban J connectivity index is 2.29. The molecule has 20 heavy (non-hydrogen) atoms. The molecule has 112 valence electrons. The van der Waals surface area contributed by atoms with Crippen LogP contribution in [0.1, 0.15) is 19.3 Å². The lowest BCUT2D eigenvalue weighted by atomic mass is 10.1. The zero-order valence-electron chi connectivity index (χ0n) is 11.4. The minimum atomic E-state index is -3.75. The molecule has 1 heterocycles. The van der Waals surface area contributed by atoms with E-state index >= 15 is 0 Å². The second-order valence-corrected chi connectivity index (χ2v) is 6.81. The van der Waals surface area contributed by atoms with Gasteiger partial charge in [-0.3, -0.25) is 4.31 Å². The van der Waals surface area contributed by atoms with Crippen LogP contribution in [0.3, 0.4) is 0 Å². The zero-order valence-corrected chi connectivity index (χ0v) is 12.2. The molecule has 0 saturated carbocycles. The van der Waals surface area contributed by atoms with E-state index in [-0.39, 0.29) is 12.3 Å². The molecule has 2 rings (SSSR count). The molecular formula is C13H19FN2O3S. The highest BCUT2D eigenvalue weighted by atomic mass is 32.2. The second-order valence-electron chi connectivity index (χ2n) is 4.90. The average molecular weight is 302 g/mol. The summed E-state index contributed by atoms with van der Waals surface area (Å²) in [4.78, 5) is 0. The van der Waals surface area contributed by atoms with E-state index in [0.29, 0.717) is 13.0 Å². The van der Waals surface area contributed by atoms with Crippen molar-refractivity contribution in [3.05, 3.63) is 30.1 Å². The van der Waals surface area contributed by atoms with Crippen molar-refractivity contribution in [2.75, 3.05) is 24.5 Å². The topological polar surface area (TPSA) is 60.9 Å². The van der Waals surface area contributed by atoms with Gasteiger partial charge in [0, 0.05) is 19.6 Å². The van der Waals surface area contributed by atoms with Crippen LogP contribution in [0.2, 0.25) is 0 Å². The van der Waals surface area contributed by atoms with Gasteiger partial charge in [0.2, 0.25) is 0 Å². The van der Waals surface area contributed by atoms with Gasteiger partial charge in [0.05, 0.1) is 12.3 Å². The van der Waals surface area contributed by atoms with Crippen LogP contribution in [0.15, 0.2) is 24.3 Å². The highest BCUT2D eigenvalue weighted by Gasteiger charge is 2.34. The molecule has 0 amide bonds. The van der Waals surface area contributed by atoms with Crippen LogP contribution in [0.5, 0.6) is 0 Å². The number of anilines is 1. The second kappa shape index (κ2) is 6.07. The molecule has 7 heteroatoms. The van der Waals surface area contributed by atoms with Crippen molar-refractivity contribution in [3.63, 3.8) is 0 Å². The summed E-state index contributed by atoms with van der Waals surface area (Å²) in [6, 6.07) is 5.05. The van der Waals surface area contributed by atoms with E-state index in [0.717, 1.165) is 17.1 Å². The third kappa shape index (κ3) is 2.94. The van der Waals surface area contributed by atoms with Crippen molar-refractivity contribution in [1.82, 2.24) is 4.31 Å². The summed E-state index contributed by atoms with van der Waals surface area (Å²) in [5.41, 5.74) is 0.271. The van der Waals surface area contributed by atoms with Crippen molar-refractivity contribution >= 4 is 15.9 Å². The first-order valence-electron chi connectivity index (χ1n) is 6.59. The number of piperidine rings is 1. The molecule has 1 atom stereocenters.